The molecule has 0 spiro atoms. The highest BCUT2D eigenvalue weighted by molar-refractivity contribution is 9.10. The van der Waals surface area contributed by atoms with E-state index in [4.69, 9.17) is 4.42 Å². The van der Waals surface area contributed by atoms with Crippen molar-refractivity contribution < 1.29 is 4.42 Å². The van der Waals surface area contributed by atoms with Crippen LogP contribution in [0.1, 0.15) is 31.1 Å². The number of aromatic nitrogens is 1. The van der Waals surface area contributed by atoms with Crippen molar-refractivity contribution in [3.63, 3.8) is 0 Å². The van der Waals surface area contributed by atoms with Crippen LogP contribution in [0.25, 0.3) is 11.1 Å². The average molecular weight is 252 g/mol. The number of fused-ring (bicyclic) bond motifs is 1. The molecule has 72 valence electrons. The van der Waals surface area contributed by atoms with Crippen LogP contribution in [0.5, 0.6) is 0 Å². The first-order chi connectivity index (χ1) is 6.83. The minimum absolute atomic E-state index is 0.571. The molecule has 1 aliphatic rings. The van der Waals surface area contributed by atoms with Crippen molar-refractivity contribution in [2.24, 2.45) is 0 Å². The van der Waals surface area contributed by atoms with E-state index in [0.29, 0.717) is 5.92 Å². The van der Waals surface area contributed by atoms with E-state index >= 15 is 0 Å². The van der Waals surface area contributed by atoms with Gasteiger partial charge in [0.05, 0.1) is 0 Å². The van der Waals surface area contributed by atoms with Crippen molar-refractivity contribution in [2.45, 2.75) is 25.2 Å². The maximum atomic E-state index is 5.70. The quantitative estimate of drug-likeness (QED) is 0.770. The summed E-state index contributed by atoms with van der Waals surface area (Å²) in [5, 5.41) is 0. The summed E-state index contributed by atoms with van der Waals surface area (Å²) in [6.45, 7) is 0. The molecule has 2 aromatic rings. The number of benzene rings is 1. The zero-order valence-electron chi connectivity index (χ0n) is 7.66. The molecule has 2 nitrogen and oxygen atoms in total. The van der Waals surface area contributed by atoms with Crippen LogP contribution in [0.15, 0.2) is 27.1 Å². The molecule has 0 unspecified atom stereocenters. The fourth-order valence-electron chi connectivity index (χ4n) is 1.75. The molecule has 3 rings (SSSR count). The molecule has 1 saturated carbocycles. The van der Waals surface area contributed by atoms with Gasteiger partial charge in [0.15, 0.2) is 11.5 Å². The van der Waals surface area contributed by atoms with E-state index < -0.39 is 0 Å². The van der Waals surface area contributed by atoms with E-state index in [1.54, 1.807) is 0 Å². The molecule has 1 aliphatic carbocycles. The Morgan fingerprint density at radius 3 is 2.93 bits per heavy atom. The number of hydrogen-bond donors (Lipinski definition) is 0. The third-order valence-corrected chi connectivity index (χ3v) is 3.31. The molecule has 0 saturated heterocycles. The predicted octanol–water partition coefficient (Wildman–Crippen LogP) is 3.86. The van der Waals surface area contributed by atoms with Crippen LogP contribution in [-0.2, 0) is 0 Å². The molecule has 0 radical (unpaired) electrons. The van der Waals surface area contributed by atoms with E-state index in [-0.39, 0.29) is 0 Å². The Bertz CT molecular complexity index is 473. The Balaban J connectivity index is 2.10. The first kappa shape index (κ1) is 8.48. The molecule has 1 fully saturated rings. The summed E-state index contributed by atoms with van der Waals surface area (Å²) in [5.41, 5.74) is 1.86. The highest BCUT2D eigenvalue weighted by atomic mass is 79.9. The fraction of sp³-hybridized carbons (Fsp3) is 0.364. The van der Waals surface area contributed by atoms with Crippen LogP contribution >= 0.6 is 15.9 Å². The molecular weight excluding hydrogens is 242 g/mol. The largest absolute Gasteiger partial charge is 0.440 e. The lowest BCUT2D eigenvalue weighted by molar-refractivity contribution is 0.344. The van der Waals surface area contributed by atoms with Gasteiger partial charge in [-0.3, -0.25) is 0 Å². The van der Waals surface area contributed by atoms with Gasteiger partial charge in [-0.15, -0.1) is 0 Å². The highest BCUT2D eigenvalue weighted by Gasteiger charge is 2.24. The Hall–Kier alpha value is -0.830. The van der Waals surface area contributed by atoms with E-state index in [1.807, 2.05) is 18.2 Å². The molecule has 0 atom stereocenters. The third-order valence-electron chi connectivity index (χ3n) is 2.82. The van der Waals surface area contributed by atoms with E-state index in [1.165, 1.54) is 19.3 Å². The van der Waals surface area contributed by atoms with E-state index in [2.05, 4.69) is 20.9 Å². The van der Waals surface area contributed by atoms with Crippen molar-refractivity contribution >= 4 is 27.0 Å². The molecule has 0 amide bonds. The first-order valence-corrected chi connectivity index (χ1v) is 5.68. The zero-order chi connectivity index (χ0) is 9.54. The maximum Gasteiger partial charge on any atom is 0.198 e. The molecule has 1 aromatic heterocycles. The lowest BCUT2D eigenvalue weighted by Gasteiger charge is -2.21. The van der Waals surface area contributed by atoms with Crippen molar-refractivity contribution in [1.29, 1.82) is 0 Å². The Morgan fingerprint density at radius 1 is 1.36 bits per heavy atom. The van der Waals surface area contributed by atoms with Gasteiger partial charge in [-0.1, -0.05) is 22.4 Å². The molecule has 0 N–H and O–H groups in total. The van der Waals surface area contributed by atoms with Crippen LogP contribution < -0.4 is 0 Å². The second kappa shape index (κ2) is 3.09. The van der Waals surface area contributed by atoms with Crippen LogP contribution in [0.4, 0.5) is 0 Å². The SMILES string of the molecule is Brc1ccc2oc(C3CCC3)nc2c1. The number of oxazole rings is 1. The Labute approximate surface area is 90.4 Å². The van der Waals surface area contributed by atoms with Crippen molar-refractivity contribution in [1.82, 2.24) is 4.98 Å². The normalized spacial score (nSPS) is 17.2. The summed E-state index contributed by atoms with van der Waals surface area (Å²) in [6.07, 6.45) is 3.77. The van der Waals surface area contributed by atoms with Gasteiger partial charge in [0.25, 0.3) is 0 Å². The molecule has 14 heavy (non-hydrogen) atoms. The fourth-order valence-corrected chi connectivity index (χ4v) is 2.10. The molecule has 0 aliphatic heterocycles. The van der Waals surface area contributed by atoms with Gasteiger partial charge in [0.2, 0.25) is 0 Å². The Kier molecular flexibility index (Phi) is 1.87. The molecule has 3 heteroatoms. The summed E-state index contributed by atoms with van der Waals surface area (Å²) in [5.74, 6) is 1.49. The number of rotatable bonds is 1. The summed E-state index contributed by atoms with van der Waals surface area (Å²) in [7, 11) is 0. The topological polar surface area (TPSA) is 26.0 Å². The molecular formula is C11H10BrNO. The predicted molar refractivity (Wildman–Crippen MR) is 58.3 cm³/mol. The maximum absolute atomic E-state index is 5.70. The van der Waals surface area contributed by atoms with Gasteiger partial charge >= 0.3 is 0 Å². The average Bonchev–Trinajstić information content (AvgIpc) is 2.43. The second-order valence-corrected chi connectivity index (χ2v) is 4.71. The number of halogens is 1. The molecule has 1 aromatic carbocycles. The number of hydrogen-bond acceptors (Lipinski definition) is 2. The van der Waals surface area contributed by atoms with Crippen LogP contribution in [0.3, 0.4) is 0 Å². The van der Waals surface area contributed by atoms with E-state index in [9.17, 15) is 0 Å². The summed E-state index contributed by atoms with van der Waals surface area (Å²) in [4.78, 5) is 4.50. The van der Waals surface area contributed by atoms with Gasteiger partial charge < -0.3 is 4.42 Å². The number of nitrogens with zero attached hydrogens (tertiary/aromatic N) is 1. The van der Waals surface area contributed by atoms with Crippen LogP contribution in [-0.4, -0.2) is 4.98 Å². The monoisotopic (exact) mass is 251 g/mol. The molecule has 0 bridgehead atoms. The summed E-state index contributed by atoms with van der Waals surface area (Å²) < 4.78 is 6.75. The van der Waals surface area contributed by atoms with Crippen molar-refractivity contribution in [3.05, 3.63) is 28.6 Å². The minimum Gasteiger partial charge on any atom is -0.440 e. The van der Waals surface area contributed by atoms with Crippen LogP contribution in [0.2, 0.25) is 0 Å². The Morgan fingerprint density at radius 2 is 2.21 bits per heavy atom. The first-order valence-electron chi connectivity index (χ1n) is 4.89. The van der Waals surface area contributed by atoms with Crippen molar-refractivity contribution in [2.75, 3.05) is 0 Å². The lowest BCUT2D eigenvalue weighted by atomic mass is 9.85. The zero-order valence-corrected chi connectivity index (χ0v) is 9.25. The lowest BCUT2D eigenvalue weighted by Crippen LogP contribution is -2.08. The van der Waals surface area contributed by atoms with Gasteiger partial charge in [0.1, 0.15) is 5.52 Å². The third kappa shape index (κ3) is 1.27. The summed E-state index contributed by atoms with van der Waals surface area (Å²) in [6, 6.07) is 5.95. The molecule has 1 heterocycles. The highest BCUT2D eigenvalue weighted by Crippen LogP contribution is 2.37. The summed E-state index contributed by atoms with van der Waals surface area (Å²) >= 11 is 3.43. The standard InChI is InChI=1S/C11H10BrNO/c12-8-4-5-10-9(6-8)13-11(14-10)7-2-1-3-7/h4-7H,1-3H2. The smallest absolute Gasteiger partial charge is 0.198 e. The van der Waals surface area contributed by atoms with Gasteiger partial charge in [0, 0.05) is 10.4 Å². The van der Waals surface area contributed by atoms with Gasteiger partial charge in [-0.2, -0.15) is 0 Å². The minimum atomic E-state index is 0.571. The second-order valence-electron chi connectivity index (χ2n) is 3.79. The van der Waals surface area contributed by atoms with Crippen molar-refractivity contribution in [3.8, 4) is 0 Å². The van der Waals surface area contributed by atoms with Gasteiger partial charge in [-0.05, 0) is 31.0 Å². The van der Waals surface area contributed by atoms with E-state index in [0.717, 1.165) is 21.5 Å². The van der Waals surface area contributed by atoms with Crippen LogP contribution in [0, 0.1) is 0 Å². The van der Waals surface area contributed by atoms with Gasteiger partial charge in [-0.25, -0.2) is 4.98 Å².